The molecule has 1 heterocycles. The van der Waals surface area contributed by atoms with Crippen LogP contribution in [-0.2, 0) is 9.53 Å². The summed E-state index contributed by atoms with van der Waals surface area (Å²) in [7, 11) is 1.42. The molecule has 0 unspecified atom stereocenters. The van der Waals surface area contributed by atoms with E-state index in [1.807, 2.05) is 24.3 Å². The van der Waals surface area contributed by atoms with E-state index >= 15 is 0 Å². The van der Waals surface area contributed by atoms with Gasteiger partial charge >= 0.3 is 11.9 Å². The zero-order valence-corrected chi connectivity index (χ0v) is 20.6. The van der Waals surface area contributed by atoms with E-state index in [1.165, 1.54) is 19.3 Å². The number of aliphatic imine (C=N–C) groups is 1. The minimum Gasteiger partial charge on any atom is -0.493 e. The summed E-state index contributed by atoms with van der Waals surface area (Å²) in [5, 5.41) is 0.620. The predicted octanol–water partition coefficient (Wildman–Crippen LogP) is 6.17. The summed E-state index contributed by atoms with van der Waals surface area (Å²) in [4.78, 5) is 29.1. The van der Waals surface area contributed by atoms with Crippen LogP contribution in [0.3, 0.4) is 0 Å². The highest BCUT2D eigenvalue weighted by Gasteiger charge is 2.25. The van der Waals surface area contributed by atoms with Crippen LogP contribution in [0.1, 0.15) is 21.5 Å². The summed E-state index contributed by atoms with van der Waals surface area (Å²) in [6.07, 6.45) is 1.52. The van der Waals surface area contributed by atoms with Crippen LogP contribution in [-0.4, -0.2) is 24.9 Å². The summed E-state index contributed by atoms with van der Waals surface area (Å²) in [6, 6.07) is 16.8. The molecule has 0 atom stereocenters. The number of rotatable bonds is 5. The molecular formula is C24H14Cl2INO5. The van der Waals surface area contributed by atoms with E-state index in [0.29, 0.717) is 21.7 Å². The quantitative estimate of drug-likeness (QED) is 0.153. The topological polar surface area (TPSA) is 74.2 Å². The monoisotopic (exact) mass is 593 g/mol. The van der Waals surface area contributed by atoms with Gasteiger partial charge in [-0.25, -0.2) is 14.6 Å². The highest BCUT2D eigenvalue weighted by Crippen LogP contribution is 2.38. The van der Waals surface area contributed by atoms with E-state index in [2.05, 4.69) is 27.6 Å². The van der Waals surface area contributed by atoms with Gasteiger partial charge in [0.05, 0.1) is 17.7 Å². The number of benzene rings is 3. The van der Waals surface area contributed by atoms with Gasteiger partial charge in [-0.3, -0.25) is 0 Å². The van der Waals surface area contributed by atoms with Crippen molar-refractivity contribution >= 4 is 69.7 Å². The molecule has 3 aromatic carbocycles. The van der Waals surface area contributed by atoms with E-state index in [0.717, 1.165) is 3.57 Å². The maximum absolute atomic E-state index is 12.5. The Hall–Kier alpha value is -2.88. The molecule has 0 aliphatic carbocycles. The molecule has 0 fully saturated rings. The fraction of sp³-hybridized carbons (Fsp3) is 0.0417. The van der Waals surface area contributed by atoms with Crippen molar-refractivity contribution in [2.45, 2.75) is 0 Å². The fourth-order valence-corrected chi connectivity index (χ4v) is 3.69. The molecule has 0 radical (unpaired) electrons. The average Bonchev–Trinajstić information content (AvgIpc) is 3.16. The molecule has 166 valence electrons. The minimum atomic E-state index is -0.621. The van der Waals surface area contributed by atoms with Gasteiger partial charge in [-0.2, -0.15) is 0 Å². The maximum atomic E-state index is 12.5. The van der Waals surface area contributed by atoms with Gasteiger partial charge in [0, 0.05) is 14.2 Å². The molecule has 4 rings (SSSR count). The smallest absolute Gasteiger partial charge is 0.363 e. The molecule has 0 saturated carbocycles. The van der Waals surface area contributed by atoms with Gasteiger partial charge in [0.15, 0.2) is 17.2 Å². The van der Waals surface area contributed by atoms with Crippen LogP contribution < -0.4 is 9.47 Å². The Bertz CT molecular complexity index is 1300. The normalized spacial score (nSPS) is 14.1. The Kier molecular flexibility index (Phi) is 7.02. The standard InChI is InChI=1S/C24H14Cl2INO5/c1-31-20-12-13(10-18(26)21(20)32-23(29)15-2-6-16(25)7-3-15)11-19-24(30)33-22(28-19)14-4-8-17(27)9-5-14/h2-12H,1H3/b19-11-. The van der Waals surface area contributed by atoms with Gasteiger partial charge in [0.1, 0.15) is 0 Å². The third-order valence-corrected chi connectivity index (χ3v) is 5.79. The van der Waals surface area contributed by atoms with Crippen LogP contribution in [0.15, 0.2) is 71.4 Å². The maximum Gasteiger partial charge on any atom is 0.363 e. The predicted molar refractivity (Wildman–Crippen MR) is 134 cm³/mol. The summed E-state index contributed by atoms with van der Waals surface area (Å²) in [5.74, 6) is -0.724. The van der Waals surface area contributed by atoms with Crippen LogP contribution >= 0.6 is 45.8 Å². The molecule has 1 aliphatic heterocycles. The molecular weight excluding hydrogens is 580 g/mol. The van der Waals surface area contributed by atoms with E-state index in [4.69, 9.17) is 37.4 Å². The fourth-order valence-electron chi connectivity index (χ4n) is 2.94. The molecule has 0 spiro atoms. The molecule has 0 N–H and O–H groups in total. The lowest BCUT2D eigenvalue weighted by atomic mass is 10.1. The van der Waals surface area contributed by atoms with Crippen molar-refractivity contribution in [2.75, 3.05) is 7.11 Å². The van der Waals surface area contributed by atoms with Crippen molar-refractivity contribution in [3.63, 3.8) is 0 Å². The third kappa shape index (κ3) is 5.38. The second-order valence-electron chi connectivity index (χ2n) is 6.77. The Morgan fingerprint density at radius 2 is 1.76 bits per heavy atom. The first-order valence-corrected chi connectivity index (χ1v) is 11.3. The van der Waals surface area contributed by atoms with Gasteiger partial charge in [-0.15, -0.1) is 0 Å². The molecule has 6 nitrogen and oxygen atoms in total. The third-order valence-electron chi connectivity index (χ3n) is 4.54. The van der Waals surface area contributed by atoms with Crippen LogP contribution in [0.4, 0.5) is 0 Å². The second-order valence-corrected chi connectivity index (χ2v) is 8.86. The van der Waals surface area contributed by atoms with Crippen molar-refractivity contribution in [1.82, 2.24) is 0 Å². The van der Waals surface area contributed by atoms with Crippen LogP contribution in [0, 0.1) is 3.57 Å². The number of carbonyl (C=O) groups is 2. The Morgan fingerprint density at radius 3 is 2.42 bits per heavy atom. The van der Waals surface area contributed by atoms with E-state index in [9.17, 15) is 9.59 Å². The van der Waals surface area contributed by atoms with Crippen molar-refractivity contribution in [1.29, 1.82) is 0 Å². The molecule has 33 heavy (non-hydrogen) atoms. The van der Waals surface area contributed by atoms with Crippen LogP contribution in [0.5, 0.6) is 11.5 Å². The Morgan fingerprint density at radius 1 is 1.06 bits per heavy atom. The number of nitrogens with zero attached hydrogens (tertiary/aromatic N) is 1. The summed E-state index contributed by atoms with van der Waals surface area (Å²) >= 11 is 14.4. The lowest BCUT2D eigenvalue weighted by Crippen LogP contribution is -2.09. The average molecular weight is 594 g/mol. The first kappa shape index (κ1) is 23.3. The van der Waals surface area contributed by atoms with Crippen LogP contribution in [0.2, 0.25) is 10.0 Å². The first-order chi connectivity index (χ1) is 15.8. The minimum absolute atomic E-state index is 0.0540. The van der Waals surface area contributed by atoms with E-state index < -0.39 is 11.9 Å². The highest BCUT2D eigenvalue weighted by molar-refractivity contribution is 14.1. The van der Waals surface area contributed by atoms with Gasteiger partial charge in [0.25, 0.3) is 0 Å². The lowest BCUT2D eigenvalue weighted by molar-refractivity contribution is -0.129. The molecule has 0 bridgehead atoms. The number of esters is 2. The molecule has 9 heteroatoms. The number of methoxy groups -OCH3 is 1. The number of hydrogen-bond acceptors (Lipinski definition) is 6. The number of cyclic esters (lactones) is 1. The molecule has 0 saturated heterocycles. The second kappa shape index (κ2) is 9.94. The van der Waals surface area contributed by atoms with Gasteiger partial charge < -0.3 is 14.2 Å². The largest absolute Gasteiger partial charge is 0.493 e. The van der Waals surface area contributed by atoms with Crippen LogP contribution in [0.25, 0.3) is 6.08 Å². The molecule has 0 aromatic heterocycles. The van der Waals surface area contributed by atoms with Gasteiger partial charge in [0.2, 0.25) is 5.90 Å². The lowest BCUT2D eigenvalue weighted by Gasteiger charge is -2.12. The number of ether oxygens (including phenoxy) is 3. The number of carbonyl (C=O) groups excluding carboxylic acids is 2. The van der Waals surface area contributed by atoms with Crippen molar-refractivity contribution in [2.24, 2.45) is 4.99 Å². The van der Waals surface area contributed by atoms with Crippen molar-refractivity contribution in [3.05, 3.63) is 96.7 Å². The van der Waals surface area contributed by atoms with Crippen molar-refractivity contribution in [3.8, 4) is 11.5 Å². The SMILES string of the molecule is COc1cc(/C=C2\N=C(c3ccc(I)cc3)OC2=O)cc(Cl)c1OC(=O)c1ccc(Cl)cc1. The summed E-state index contributed by atoms with van der Waals surface area (Å²) in [6.45, 7) is 0. The molecule has 3 aromatic rings. The summed E-state index contributed by atoms with van der Waals surface area (Å²) in [5.41, 5.74) is 1.61. The zero-order valence-electron chi connectivity index (χ0n) is 17.0. The van der Waals surface area contributed by atoms with E-state index in [-0.39, 0.29) is 28.1 Å². The molecule has 1 aliphatic rings. The zero-order chi connectivity index (χ0) is 23.5. The number of hydrogen-bond donors (Lipinski definition) is 0. The van der Waals surface area contributed by atoms with E-state index in [1.54, 1.807) is 30.3 Å². The Labute approximate surface area is 212 Å². The first-order valence-electron chi connectivity index (χ1n) is 9.48. The highest BCUT2D eigenvalue weighted by atomic mass is 127. The molecule has 0 amide bonds. The van der Waals surface area contributed by atoms with Crippen molar-refractivity contribution < 1.29 is 23.8 Å². The van der Waals surface area contributed by atoms with Gasteiger partial charge in [-0.05, 0) is 94.9 Å². The number of halogens is 3. The Balaban J connectivity index is 1.61. The summed E-state index contributed by atoms with van der Waals surface area (Å²) < 4.78 is 17.1. The van der Waals surface area contributed by atoms with Gasteiger partial charge in [-0.1, -0.05) is 23.2 Å².